The van der Waals surface area contributed by atoms with Crippen LogP contribution in [0.3, 0.4) is 0 Å². The molecule has 0 bridgehead atoms. The smallest absolute Gasteiger partial charge is 0.214 e. The first kappa shape index (κ1) is 18.9. The highest BCUT2D eigenvalue weighted by molar-refractivity contribution is 7.90. The van der Waals surface area contributed by atoms with Crippen LogP contribution in [0.2, 0.25) is 0 Å². The van der Waals surface area contributed by atoms with Crippen LogP contribution < -0.4 is 9.46 Å². The number of benzene rings is 2. The fourth-order valence-electron chi connectivity index (χ4n) is 3.26. The Kier molecular flexibility index (Phi) is 5.37. The fraction of sp³-hybridized carbons (Fsp3) is 0.400. The number of para-hydroxylation sites is 1. The summed E-state index contributed by atoms with van der Waals surface area (Å²) in [7, 11) is -3.44. The maximum Gasteiger partial charge on any atom is 0.214 e. The third-order valence-electron chi connectivity index (χ3n) is 4.89. The molecule has 0 radical (unpaired) electrons. The van der Waals surface area contributed by atoms with E-state index in [1.54, 1.807) is 38.1 Å². The van der Waals surface area contributed by atoms with E-state index in [2.05, 4.69) is 4.72 Å². The summed E-state index contributed by atoms with van der Waals surface area (Å²) in [4.78, 5) is 0. The number of sulfonamides is 1. The lowest BCUT2D eigenvalue weighted by Gasteiger charge is -2.31. The van der Waals surface area contributed by atoms with Crippen molar-refractivity contribution < 1.29 is 18.3 Å². The number of aliphatic hydroxyl groups is 1. The zero-order valence-electron chi connectivity index (χ0n) is 15.1. The van der Waals surface area contributed by atoms with E-state index in [-0.39, 0.29) is 0 Å². The van der Waals surface area contributed by atoms with Crippen molar-refractivity contribution in [1.29, 1.82) is 0 Å². The average Bonchev–Trinajstić information content (AvgIpc) is 2.97. The Morgan fingerprint density at radius 2 is 1.69 bits per heavy atom. The van der Waals surface area contributed by atoms with Crippen LogP contribution in [0, 0.1) is 0 Å². The lowest BCUT2D eigenvalue weighted by Crippen LogP contribution is -2.48. The number of rotatable bonds is 6. The molecule has 0 saturated heterocycles. The minimum Gasteiger partial charge on any atom is -0.457 e. The Bertz CT molecular complexity index is 834. The number of hydrogen-bond acceptors (Lipinski definition) is 4. The number of nitrogens with one attached hydrogen (secondary N) is 1. The molecule has 140 valence electrons. The molecular formula is C20H25NO4S. The summed E-state index contributed by atoms with van der Waals surface area (Å²) in [5, 5.41) is 10.6. The summed E-state index contributed by atoms with van der Waals surface area (Å²) < 4.78 is 32.9. The normalized spacial score (nSPS) is 23.3. The summed E-state index contributed by atoms with van der Waals surface area (Å²) >= 11 is 0. The molecule has 1 saturated carbocycles. The van der Waals surface area contributed by atoms with E-state index < -0.39 is 26.9 Å². The molecule has 1 fully saturated rings. The van der Waals surface area contributed by atoms with Gasteiger partial charge in [-0.05, 0) is 62.9 Å². The van der Waals surface area contributed by atoms with Crippen LogP contribution in [0.1, 0.15) is 38.7 Å². The summed E-state index contributed by atoms with van der Waals surface area (Å²) in [5.74, 6) is 1.41. The van der Waals surface area contributed by atoms with Crippen molar-refractivity contribution in [3.8, 4) is 11.5 Å². The van der Waals surface area contributed by atoms with Gasteiger partial charge in [0.05, 0.1) is 11.3 Å². The molecule has 2 atom stereocenters. The first-order valence-corrected chi connectivity index (χ1v) is 10.4. The van der Waals surface area contributed by atoms with Gasteiger partial charge in [0.25, 0.3) is 0 Å². The Balaban J connectivity index is 1.78. The molecule has 5 nitrogen and oxygen atoms in total. The first-order valence-electron chi connectivity index (χ1n) is 8.88. The molecule has 3 rings (SSSR count). The van der Waals surface area contributed by atoms with Gasteiger partial charge in [-0.15, -0.1) is 0 Å². The van der Waals surface area contributed by atoms with Crippen LogP contribution in [0.25, 0.3) is 0 Å². The van der Waals surface area contributed by atoms with Crippen molar-refractivity contribution in [2.75, 3.05) is 0 Å². The van der Waals surface area contributed by atoms with Crippen molar-refractivity contribution >= 4 is 10.0 Å². The van der Waals surface area contributed by atoms with Gasteiger partial charge in [-0.25, -0.2) is 13.1 Å². The minimum atomic E-state index is -3.44. The van der Waals surface area contributed by atoms with Gasteiger partial charge in [0.2, 0.25) is 10.0 Å². The monoisotopic (exact) mass is 375 g/mol. The molecule has 1 aliphatic carbocycles. The lowest BCUT2D eigenvalue weighted by molar-refractivity contribution is 0.0230. The predicted octanol–water partition coefficient (Wildman–Crippen LogP) is 3.55. The highest BCUT2D eigenvalue weighted by atomic mass is 32.2. The van der Waals surface area contributed by atoms with Gasteiger partial charge in [0.15, 0.2) is 0 Å². The van der Waals surface area contributed by atoms with E-state index >= 15 is 0 Å². The van der Waals surface area contributed by atoms with Gasteiger partial charge in [0, 0.05) is 0 Å². The predicted molar refractivity (Wildman–Crippen MR) is 102 cm³/mol. The molecule has 2 unspecified atom stereocenters. The Hall–Kier alpha value is -1.89. The highest BCUT2D eigenvalue weighted by Gasteiger charge is 2.44. The van der Waals surface area contributed by atoms with Crippen LogP contribution in [0.5, 0.6) is 11.5 Å². The van der Waals surface area contributed by atoms with Crippen LogP contribution >= 0.6 is 0 Å². The van der Waals surface area contributed by atoms with Gasteiger partial charge in [0.1, 0.15) is 17.1 Å². The minimum absolute atomic E-state index is 0.518. The van der Waals surface area contributed by atoms with E-state index in [1.807, 2.05) is 30.3 Å². The second kappa shape index (κ2) is 7.39. The van der Waals surface area contributed by atoms with Gasteiger partial charge < -0.3 is 9.84 Å². The summed E-state index contributed by atoms with van der Waals surface area (Å²) in [5.41, 5.74) is -0.500. The van der Waals surface area contributed by atoms with Crippen molar-refractivity contribution in [2.45, 2.75) is 50.0 Å². The Labute approximate surface area is 155 Å². The van der Waals surface area contributed by atoms with Gasteiger partial charge in [-0.2, -0.15) is 0 Å². The summed E-state index contributed by atoms with van der Waals surface area (Å²) in [6.07, 6.45) is 1.91. The maximum absolute atomic E-state index is 12.2. The topological polar surface area (TPSA) is 75.6 Å². The molecule has 1 aliphatic rings. The van der Waals surface area contributed by atoms with E-state index in [4.69, 9.17) is 4.74 Å². The van der Waals surface area contributed by atoms with E-state index in [9.17, 15) is 13.5 Å². The molecular weight excluding hydrogens is 350 g/mol. The molecule has 2 aromatic carbocycles. The third-order valence-corrected chi connectivity index (χ3v) is 6.74. The van der Waals surface area contributed by atoms with Gasteiger partial charge in [-0.3, -0.25) is 0 Å². The summed E-state index contributed by atoms with van der Waals surface area (Å²) in [6, 6.07) is 16.1. The first-order chi connectivity index (χ1) is 12.3. The van der Waals surface area contributed by atoms with Gasteiger partial charge in [-0.1, -0.05) is 30.3 Å². The molecule has 26 heavy (non-hydrogen) atoms. The van der Waals surface area contributed by atoms with Crippen LogP contribution in [-0.4, -0.2) is 24.8 Å². The number of hydrogen-bond donors (Lipinski definition) is 2. The van der Waals surface area contributed by atoms with E-state index in [1.165, 1.54) is 0 Å². The van der Waals surface area contributed by atoms with Crippen molar-refractivity contribution in [1.82, 2.24) is 4.72 Å². The standard InChI is InChI=1S/C20H25NO4S/c1-15(2)26(23,24)21-19-9-6-14-20(19,22)16-10-12-18(13-11-16)25-17-7-4-3-5-8-17/h3-5,7-8,10-13,15,19,21-22H,6,9,14H2,1-2H3. The quantitative estimate of drug-likeness (QED) is 0.810. The molecule has 0 aliphatic heterocycles. The molecule has 0 spiro atoms. The number of ether oxygens (including phenoxy) is 1. The fourth-order valence-corrected chi connectivity index (χ4v) is 4.24. The maximum atomic E-state index is 12.2. The van der Waals surface area contributed by atoms with Crippen molar-refractivity contribution in [3.63, 3.8) is 0 Å². The second-order valence-electron chi connectivity index (χ2n) is 7.02. The average molecular weight is 375 g/mol. The zero-order chi connectivity index (χ0) is 18.8. The SMILES string of the molecule is CC(C)S(=O)(=O)NC1CCCC1(O)c1ccc(Oc2ccccc2)cc1. The molecule has 0 amide bonds. The third kappa shape index (κ3) is 3.92. The molecule has 6 heteroatoms. The molecule has 2 N–H and O–H groups in total. The Morgan fingerprint density at radius 3 is 2.31 bits per heavy atom. The highest BCUT2D eigenvalue weighted by Crippen LogP contribution is 2.40. The van der Waals surface area contributed by atoms with E-state index in [0.717, 1.165) is 12.2 Å². The van der Waals surface area contributed by atoms with Crippen LogP contribution in [0.15, 0.2) is 54.6 Å². The van der Waals surface area contributed by atoms with Crippen molar-refractivity contribution in [2.24, 2.45) is 0 Å². The zero-order valence-corrected chi connectivity index (χ0v) is 15.9. The van der Waals surface area contributed by atoms with Crippen LogP contribution in [-0.2, 0) is 15.6 Å². The molecule has 0 aromatic heterocycles. The molecule has 0 heterocycles. The second-order valence-corrected chi connectivity index (χ2v) is 9.29. The molecule has 2 aromatic rings. The van der Waals surface area contributed by atoms with Crippen molar-refractivity contribution in [3.05, 3.63) is 60.2 Å². The Morgan fingerprint density at radius 1 is 1.08 bits per heavy atom. The lowest BCUT2D eigenvalue weighted by atomic mass is 9.89. The largest absolute Gasteiger partial charge is 0.457 e. The van der Waals surface area contributed by atoms with Gasteiger partial charge >= 0.3 is 0 Å². The van der Waals surface area contributed by atoms with Crippen LogP contribution in [0.4, 0.5) is 0 Å². The summed E-state index contributed by atoms with van der Waals surface area (Å²) in [6.45, 7) is 3.26. The van der Waals surface area contributed by atoms with E-state index in [0.29, 0.717) is 24.2 Å².